The van der Waals surface area contributed by atoms with Crippen molar-refractivity contribution in [1.82, 2.24) is 14.8 Å². The largest absolute Gasteiger partial charge is 0.495 e. The average Bonchev–Trinajstić information content (AvgIpc) is 3.42. The van der Waals surface area contributed by atoms with Gasteiger partial charge in [0.05, 0.1) is 18.2 Å². The van der Waals surface area contributed by atoms with E-state index < -0.39 is 0 Å². The van der Waals surface area contributed by atoms with E-state index in [0.29, 0.717) is 11.7 Å². The van der Waals surface area contributed by atoms with Crippen LogP contribution < -0.4 is 4.72 Å². The Labute approximate surface area is 190 Å². The molecule has 0 saturated carbocycles. The number of nitrogens with one attached hydrogen (secondary N) is 1. The van der Waals surface area contributed by atoms with Crippen molar-refractivity contribution < 1.29 is 4.74 Å². The zero-order valence-corrected chi connectivity index (χ0v) is 19.2. The molecule has 0 aliphatic heterocycles. The molecule has 3 rings (SSSR count). The molecule has 1 N–H and O–H groups in total. The van der Waals surface area contributed by atoms with E-state index in [1.807, 2.05) is 83.8 Å². The Morgan fingerprint density at radius 3 is 2.77 bits per heavy atom. The Hall–Kier alpha value is -2.48. The van der Waals surface area contributed by atoms with Gasteiger partial charge in [0, 0.05) is 10.8 Å². The number of methoxy groups -OCH3 is 1. The van der Waals surface area contributed by atoms with Crippen LogP contribution in [0, 0.1) is 0 Å². The highest BCUT2D eigenvalue weighted by atomic mass is 35.5. The van der Waals surface area contributed by atoms with E-state index >= 15 is 0 Å². The molecule has 0 aliphatic carbocycles. The molecule has 156 valence electrons. The van der Waals surface area contributed by atoms with E-state index in [2.05, 4.69) is 14.9 Å². The maximum atomic E-state index is 5.95. The van der Waals surface area contributed by atoms with E-state index in [4.69, 9.17) is 16.3 Å². The first kappa shape index (κ1) is 22.2. The molecule has 2 aromatic heterocycles. The normalized spacial score (nSPS) is 12.2. The lowest BCUT2D eigenvalue weighted by molar-refractivity contribution is 0.309. The Bertz CT molecular complexity index is 1010. The van der Waals surface area contributed by atoms with E-state index in [1.165, 1.54) is 5.56 Å². The van der Waals surface area contributed by atoms with Gasteiger partial charge in [0.1, 0.15) is 5.76 Å². The summed E-state index contributed by atoms with van der Waals surface area (Å²) in [5, 5.41) is 11.5. The van der Waals surface area contributed by atoms with Gasteiger partial charge in [-0.25, -0.2) is 0 Å². The Kier molecular flexibility index (Phi) is 8.62. The van der Waals surface area contributed by atoms with Gasteiger partial charge in [0.15, 0.2) is 5.82 Å². The predicted molar refractivity (Wildman–Crippen MR) is 130 cm³/mol. The maximum Gasteiger partial charge on any atom is 0.239 e. The fraction of sp³-hybridized carbons (Fsp3) is 0.182. The van der Waals surface area contributed by atoms with Crippen LogP contribution in [0.25, 0.3) is 16.9 Å². The fourth-order valence-corrected chi connectivity index (χ4v) is 4.08. The third-order valence-electron chi connectivity index (χ3n) is 4.06. The lowest BCUT2D eigenvalue weighted by Crippen LogP contribution is -2.01. The summed E-state index contributed by atoms with van der Waals surface area (Å²) >= 11 is 9.15. The molecular weight excluding hydrogens is 436 g/mol. The van der Waals surface area contributed by atoms with Gasteiger partial charge < -0.3 is 4.74 Å². The number of allylic oxidation sites excluding steroid dienone is 4. The predicted octanol–water partition coefficient (Wildman–Crippen LogP) is 6.54. The zero-order chi connectivity index (χ0) is 21.2. The number of thiophene rings is 1. The first-order chi connectivity index (χ1) is 14.7. The van der Waals surface area contributed by atoms with Crippen LogP contribution in [0.5, 0.6) is 0 Å². The molecule has 2 heterocycles. The van der Waals surface area contributed by atoms with E-state index in [0.717, 1.165) is 27.9 Å². The van der Waals surface area contributed by atoms with Crippen LogP contribution in [0.3, 0.4) is 0 Å². The van der Waals surface area contributed by atoms with Crippen LogP contribution in [-0.2, 0) is 11.2 Å². The number of ether oxygens (including phenoxy) is 1. The number of nitrogens with zero attached hydrogens (tertiary/aromatic N) is 3. The summed E-state index contributed by atoms with van der Waals surface area (Å²) < 4.78 is 10.7. The third kappa shape index (κ3) is 6.26. The summed E-state index contributed by atoms with van der Waals surface area (Å²) in [6.45, 7) is 1.97. The molecule has 0 bridgehead atoms. The number of anilines is 1. The molecule has 0 fully saturated rings. The topological polar surface area (TPSA) is 52.0 Å². The minimum atomic E-state index is 0.647. The van der Waals surface area contributed by atoms with Crippen molar-refractivity contribution in [2.75, 3.05) is 17.6 Å². The summed E-state index contributed by atoms with van der Waals surface area (Å²) in [5.74, 6) is 2.98. The molecular formula is C22H23ClN4OS2. The van der Waals surface area contributed by atoms with Crippen molar-refractivity contribution in [3.8, 4) is 10.7 Å². The average molecular weight is 459 g/mol. The number of aryl methyl sites for hydroxylation is 1. The molecule has 8 heteroatoms. The van der Waals surface area contributed by atoms with E-state index in [1.54, 1.807) is 30.4 Å². The summed E-state index contributed by atoms with van der Waals surface area (Å²) in [6.07, 6.45) is 10.5. The van der Waals surface area contributed by atoms with Gasteiger partial charge in [0.2, 0.25) is 5.95 Å². The minimum absolute atomic E-state index is 0.647. The first-order valence-corrected chi connectivity index (χ1v) is 11.6. The second-order valence-corrected chi connectivity index (χ2v) is 8.43. The van der Waals surface area contributed by atoms with Crippen LogP contribution in [0.1, 0.15) is 12.5 Å². The second kappa shape index (κ2) is 11.6. The van der Waals surface area contributed by atoms with Crippen molar-refractivity contribution in [1.29, 1.82) is 0 Å². The van der Waals surface area contributed by atoms with Crippen molar-refractivity contribution in [2.24, 2.45) is 0 Å². The third-order valence-corrected chi connectivity index (χ3v) is 5.92. The molecule has 0 atom stereocenters. The minimum Gasteiger partial charge on any atom is -0.495 e. The van der Waals surface area contributed by atoms with Crippen molar-refractivity contribution in [3.63, 3.8) is 0 Å². The second-order valence-electron chi connectivity index (χ2n) is 6.14. The number of benzene rings is 1. The Morgan fingerprint density at radius 2 is 2.07 bits per heavy atom. The summed E-state index contributed by atoms with van der Waals surface area (Å²) in [6, 6.07) is 11.9. The highest BCUT2D eigenvalue weighted by Gasteiger charge is 2.14. The van der Waals surface area contributed by atoms with Crippen molar-refractivity contribution >= 4 is 47.0 Å². The number of hydrogen-bond acceptors (Lipinski definition) is 6. The van der Waals surface area contributed by atoms with Gasteiger partial charge in [-0.2, -0.15) is 0 Å². The molecule has 0 radical (unpaired) electrons. The van der Waals surface area contributed by atoms with Gasteiger partial charge in [-0.05, 0) is 60.5 Å². The molecule has 0 aliphatic rings. The number of rotatable bonds is 10. The van der Waals surface area contributed by atoms with Gasteiger partial charge in [0.25, 0.3) is 0 Å². The van der Waals surface area contributed by atoms with Crippen LogP contribution in [0.2, 0.25) is 5.02 Å². The number of hydrogen-bond donors (Lipinski definition) is 1. The van der Waals surface area contributed by atoms with Crippen LogP contribution >= 0.6 is 34.9 Å². The number of halogens is 1. The molecule has 0 spiro atoms. The fourth-order valence-electron chi connectivity index (χ4n) is 2.55. The van der Waals surface area contributed by atoms with Crippen LogP contribution in [0.4, 0.5) is 5.95 Å². The van der Waals surface area contributed by atoms with E-state index in [-0.39, 0.29) is 0 Å². The zero-order valence-electron chi connectivity index (χ0n) is 16.8. The van der Waals surface area contributed by atoms with Crippen LogP contribution in [0.15, 0.2) is 71.8 Å². The summed E-state index contributed by atoms with van der Waals surface area (Å²) in [7, 11) is 1.65. The van der Waals surface area contributed by atoms with Crippen molar-refractivity contribution in [3.05, 3.63) is 82.4 Å². The molecule has 5 nitrogen and oxygen atoms in total. The molecule has 3 aromatic rings. The summed E-state index contributed by atoms with van der Waals surface area (Å²) in [4.78, 5) is 1.03. The monoisotopic (exact) mass is 458 g/mol. The summed E-state index contributed by atoms with van der Waals surface area (Å²) in [5.41, 5.74) is 1.24. The highest BCUT2D eigenvalue weighted by molar-refractivity contribution is 8.00. The first-order valence-electron chi connectivity index (χ1n) is 9.37. The lowest BCUT2D eigenvalue weighted by Gasteiger charge is -2.08. The van der Waals surface area contributed by atoms with Gasteiger partial charge >= 0.3 is 0 Å². The smallest absolute Gasteiger partial charge is 0.239 e. The van der Waals surface area contributed by atoms with Crippen molar-refractivity contribution in [2.45, 2.75) is 13.3 Å². The quantitative estimate of drug-likeness (QED) is 0.162. The molecule has 1 aromatic carbocycles. The molecule has 0 saturated heterocycles. The Balaban J connectivity index is 1.75. The van der Waals surface area contributed by atoms with Crippen LogP contribution in [-0.4, -0.2) is 27.6 Å². The molecule has 0 unspecified atom stereocenters. The maximum absolute atomic E-state index is 5.95. The SMILES string of the molecule is C/C=C/C=C\C(=C\n1c(NSCCc2ccc(Cl)cc2)nnc1-c1cccs1)OC. The van der Waals surface area contributed by atoms with Gasteiger partial charge in [-0.1, -0.05) is 48.0 Å². The lowest BCUT2D eigenvalue weighted by atomic mass is 10.2. The highest BCUT2D eigenvalue weighted by Crippen LogP contribution is 2.27. The Morgan fingerprint density at radius 1 is 1.23 bits per heavy atom. The van der Waals surface area contributed by atoms with E-state index in [9.17, 15) is 0 Å². The molecule has 30 heavy (non-hydrogen) atoms. The number of aromatic nitrogens is 3. The van der Waals surface area contributed by atoms with Gasteiger partial charge in [-0.15, -0.1) is 21.5 Å². The van der Waals surface area contributed by atoms with Gasteiger partial charge in [-0.3, -0.25) is 9.29 Å². The molecule has 0 amide bonds. The standard InChI is InChI=1S/C22H23ClN4OS2/c1-3-4-5-7-19(28-2)16-27-21(20-8-6-14-29-20)24-25-22(27)26-30-15-13-17-9-11-18(23)12-10-17/h3-12,14,16H,13,15H2,1-2H3,(H,25,26)/b4-3+,7-5-,19-16-.